The fourth-order valence-electron chi connectivity index (χ4n) is 2.23. The molecule has 7 heteroatoms. The van der Waals surface area contributed by atoms with E-state index < -0.39 is 12.4 Å². The highest BCUT2D eigenvalue weighted by molar-refractivity contribution is 6.73. The highest BCUT2D eigenvalue weighted by Gasteiger charge is 2.27. The first-order valence-corrected chi connectivity index (χ1v) is 6.54. The molecule has 3 nitrogen and oxygen atoms in total. The Balaban J connectivity index is 1.62. The normalized spacial score (nSPS) is 17.2. The van der Waals surface area contributed by atoms with Crippen LogP contribution in [0.25, 0.3) is 0 Å². The highest BCUT2D eigenvalue weighted by Crippen LogP contribution is 2.28. The van der Waals surface area contributed by atoms with Crippen molar-refractivity contribution in [3.8, 4) is 11.5 Å². The number of pyridine rings is 1. The van der Waals surface area contributed by atoms with Gasteiger partial charge in [-0.1, -0.05) is 23.7 Å². The third-order valence-electron chi connectivity index (χ3n) is 3.26. The van der Waals surface area contributed by atoms with Crippen LogP contribution < -0.4 is 14.9 Å². The molecule has 0 aliphatic carbocycles. The van der Waals surface area contributed by atoms with E-state index in [9.17, 15) is 12.9 Å². The summed E-state index contributed by atoms with van der Waals surface area (Å²) in [7, 11) is 0. The predicted molar refractivity (Wildman–Crippen MR) is 73.0 cm³/mol. The summed E-state index contributed by atoms with van der Waals surface area (Å²) in [6.07, 6.45) is 2.57. The average molecular weight is 294 g/mol. The molecule has 110 valence electrons. The summed E-state index contributed by atoms with van der Waals surface area (Å²) in [5, 5.41) is 0. The number of nitrogens with zero attached hydrogens (tertiary/aromatic N) is 1. The minimum absolute atomic E-state index is 0.103. The zero-order valence-electron chi connectivity index (χ0n) is 11.0. The lowest BCUT2D eigenvalue weighted by molar-refractivity contribution is 0.148. The van der Waals surface area contributed by atoms with E-state index in [0.717, 1.165) is 23.6 Å². The van der Waals surface area contributed by atoms with E-state index in [1.807, 2.05) is 24.3 Å². The molecule has 1 aromatic heterocycles. The molecule has 0 radical (unpaired) electrons. The molecule has 1 atom stereocenters. The van der Waals surface area contributed by atoms with Crippen LogP contribution in [0.3, 0.4) is 0 Å². The Morgan fingerprint density at radius 3 is 2.81 bits per heavy atom. The standard InChI is InChI=1S/C14H12BF3NO2/c16-15(17,18)11-6-12(8-19-7-11)20-9-13-5-10-3-1-2-4-14(10)21-13/h1-4,6-8,13H,5,9H2/q-1. The first kappa shape index (κ1) is 13.8. The molecule has 0 saturated heterocycles. The largest absolute Gasteiger partial charge is 0.511 e. The van der Waals surface area contributed by atoms with E-state index in [1.54, 1.807) is 0 Å². The molecule has 21 heavy (non-hydrogen) atoms. The molecule has 1 unspecified atom stereocenters. The SMILES string of the molecule is F[B-](F)(F)c1cncc(OCC2Cc3ccccc3O2)c1. The van der Waals surface area contributed by atoms with Gasteiger partial charge in [-0.3, -0.25) is 4.98 Å². The minimum atomic E-state index is -5.07. The first-order chi connectivity index (χ1) is 10.0. The van der Waals surface area contributed by atoms with Gasteiger partial charge in [0.2, 0.25) is 0 Å². The van der Waals surface area contributed by atoms with E-state index in [0.29, 0.717) is 6.42 Å². The van der Waals surface area contributed by atoms with Gasteiger partial charge in [0.15, 0.2) is 0 Å². The number of halogens is 3. The maximum atomic E-state index is 12.6. The molecule has 2 heterocycles. The summed E-state index contributed by atoms with van der Waals surface area (Å²) in [5.74, 6) is 0.905. The zero-order valence-corrected chi connectivity index (χ0v) is 11.0. The molecule has 2 aromatic rings. The van der Waals surface area contributed by atoms with Crippen LogP contribution in [-0.4, -0.2) is 24.7 Å². The molecular weight excluding hydrogens is 282 g/mol. The summed E-state index contributed by atoms with van der Waals surface area (Å²) >= 11 is 0. The maximum absolute atomic E-state index is 12.6. The van der Waals surface area contributed by atoms with Crippen LogP contribution in [0.1, 0.15) is 5.56 Å². The zero-order chi connectivity index (χ0) is 14.9. The number of para-hydroxylation sites is 1. The second-order valence-electron chi connectivity index (χ2n) is 4.89. The maximum Gasteiger partial charge on any atom is 0.511 e. The number of aromatic nitrogens is 1. The Bertz CT molecular complexity index is 623. The van der Waals surface area contributed by atoms with E-state index in [4.69, 9.17) is 9.47 Å². The first-order valence-electron chi connectivity index (χ1n) is 6.54. The summed E-state index contributed by atoms with van der Waals surface area (Å²) in [5.41, 5.74) is 0.319. The Morgan fingerprint density at radius 1 is 1.24 bits per heavy atom. The van der Waals surface area contributed by atoms with Crippen molar-refractivity contribution in [2.45, 2.75) is 12.5 Å². The van der Waals surface area contributed by atoms with E-state index >= 15 is 0 Å². The third kappa shape index (κ3) is 3.12. The molecule has 0 saturated carbocycles. The van der Waals surface area contributed by atoms with Gasteiger partial charge in [0, 0.05) is 12.6 Å². The van der Waals surface area contributed by atoms with Crippen LogP contribution in [0.5, 0.6) is 11.5 Å². The molecule has 0 N–H and O–H groups in total. The monoisotopic (exact) mass is 294 g/mol. The van der Waals surface area contributed by atoms with Crippen LogP contribution >= 0.6 is 0 Å². The van der Waals surface area contributed by atoms with Gasteiger partial charge in [0.1, 0.15) is 24.2 Å². The van der Waals surface area contributed by atoms with E-state index in [-0.39, 0.29) is 18.5 Å². The smallest absolute Gasteiger partial charge is 0.488 e. The lowest BCUT2D eigenvalue weighted by Gasteiger charge is -2.16. The summed E-state index contributed by atoms with van der Waals surface area (Å²) in [6.45, 7) is -4.88. The van der Waals surface area contributed by atoms with Crippen LogP contribution in [0.4, 0.5) is 12.9 Å². The molecule has 0 amide bonds. The van der Waals surface area contributed by atoms with Crippen molar-refractivity contribution in [3.05, 3.63) is 48.3 Å². The van der Waals surface area contributed by atoms with Crippen molar-refractivity contribution in [2.24, 2.45) is 0 Å². The van der Waals surface area contributed by atoms with Gasteiger partial charge in [-0.15, -0.1) is 0 Å². The van der Waals surface area contributed by atoms with E-state index in [1.165, 1.54) is 6.20 Å². The van der Waals surface area contributed by atoms with Crippen molar-refractivity contribution >= 4 is 12.4 Å². The topological polar surface area (TPSA) is 31.4 Å². The number of hydrogen-bond donors (Lipinski definition) is 0. The second-order valence-corrected chi connectivity index (χ2v) is 4.89. The third-order valence-corrected chi connectivity index (χ3v) is 3.26. The predicted octanol–water partition coefficient (Wildman–Crippen LogP) is 2.52. The summed E-state index contributed by atoms with van der Waals surface area (Å²) in [4.78, 5) is 3.57. The molecule has 1 aliphatic rings. The average Bonchev–Trinajstić information content (AvgIpc) is 2.87. The van der Waals surface area contributed by atoms with Gasteiger partial charge >= 0.3 is 6.98 Å². The summed E-state index contributed by atoms with van der Waals surface area (Å²) < 4.78 is 48.9. The number of rotatable bonds is 4. The van der Waals surface area contributed by atoms with Gasteiger partial charge in [-0.05, 0) is 17.7 Å². The van der Waals surface area contributed by atoms with Crippen LogP contribution in [0, 0.1) is 0 Å². The van der Waals surface area contributed by atoms with Gasteiger partial charge in [-0.2, -0.15) is 0 Å². The van der Waals surface area contributed by atoms with Crippen LogP contribution in [-0.2, 0) is 6.42 Å². The van der Waals surface area contributed by atoms with Gasteiger partial charge in [-0.25, -0.2) is 0 Å². The van der Waals surface area contributed by atoms with Crippen molar-refractivity contribution in [3.63, 3.8) is 0 Å². The Kier molecular flexibility index (Phi) is 3.49. The Hall–Kier alpha value is -2.18. The minimum Gasteiger partial charge on any atom is -0.488 e. The fraction of sp³-hybridized carbons (Fsp3) is 0.214. The van der Waals surface area contributed by atoms with Crippen LogP contribution in [0.15, 0.2) is 42.7 Å². The number of fused-ring (bicyclic) bond motifs is 1. The molecule has 0 fully saturated rings. The molecular formula is C14H12BF3NO2-. The molecule has 0 bridgehead atoms. The quantitative estimate of drug-likeness (QED) is 0.812. The van der Waals surface area contributed by atoms with Crippen molar-refractivity contribution in [1.29, 1.82) is 0 Å². The Morgan fingerprint density at radius 2 is 2.05 bits per heavy atom. The lowest BCUT2D eigenvalue weighted by atomic mass is 9.81. The van der Waals surface area contributed by atoms with E-state index in [2.05, 4.69) is 4.98 Å². The van der Waals surface area contributed by atoms with Gasteiger partial charge < -0.3 is 22.4 Å². The molecule has 0 spiro atoms. The van der Waals surface area contributed by atoms with Gasteiger partial charge in [0.25, 0.3) is 0 Å². The number of benzene rings is 1. The molecule has 1 aliphatic heterocycles. The summed E-state index contributed by atoms with van der Waals surface area (Å²) in [6, 6.07) is 8.59. The second kappa shape index (κ2) is 5.31. The molecule has 1 aromatic carbocycles. The lowest BCUT2D eigenvalue weighted by Crippen LogP contribution is -2.34. The van der Waals surface area contributed by atoms with Gasteiger partial charge in [0.05, 0.1) is 6.20 Å². The Labute approximate surface area is 119 Å². The fourth-order valence-corrected chi connectivity index (χ4v) is 2.23. The van der Waals surface area contributed by atoms with Crippen molar-refractivity contribution in [2.75, 3.05) is 6.61 Å². The highest BCUT2D eigenvalue weighted by atomic mass is 19.4. The van der Waals surface area contributed by atoms with Crippen molar-refractivity contribution < 1.29 is 22.4 Å². The van der Waals surface area contributed by atoms with Crippen molar-refractivity contribution in [1.82, 2.24) is 4.98 Å². The number of hydrogen-bond acceptors (Lipinski definition) is 3. The number of ether oxygens (including phenoxy) is 2. The van der Waals surface area contributed by atoms with Crippen LogP contribution in [0.2, 0.25) is 0 Å². The molecule has 3 rings (SSSR count).